The smallest absolute Gasteiger partial charge is 0.254 e. The number of likely N-dealkylation sites (N-methyl/N-ethyl adjacent to an activating group) is 1. The summed E-state index contributed by atoms with van der Waals surface area (Å²) in [6, 6.07) is 5.84. The zero-order valence-corrected chi connectivity index (χ0v) is 24.0. The third-order valence-corrected chi connectivity index (χ3v) is 7.16. The van der Waals surface area contributed by atoms with Gasteiger partial charge in [0.05, 0.1) is 22.9 Å². The molecule has 0 aliphatic carbocycles. The molecular weight excluding hydrogens is 533 g/mol. The molecular formula is C29H35ClFN7O2. The Morgan fingerprint density at radius 3 is 2.77 bits per heavy atom. The molecule has 2 aromatic heterocycles. The highest BCUT2D eigenvalue weighted by Gasteiger charge is 2.31. The van der Waals surface area contributed by atoms with Crippen LogP contribution >= 0.6 is 11.6 Å². The summed E-state index contributed by atoms with van der Waals surface area (Å²) in [5.41, 5.74) is 1.86. The Hall–Kier alpha value is -3.63. The van der Waals surface area contributed by atoms with E-state index < -0.39 is 5.82 Å². The second-order valence-electron chi connectivity index (χ2n) is 10.4. The van der Waals surface area contributed by atoms with Gasteiger partial charge < -0.3 is 15.5 Å². The molecule has 3 heterocycles. The van der Waals surface area contributed by atoms with E-state index in [-0.39, 0.29) is 35.2 Å². The van der Waals surface area contributed by atoms with Gasteiger partial charge in [-0.1, -0.05) is 25.4 Å². The maximum atomic E-state index is 14.5. The van der Waals surface area contributed by atoms with Crippen molar-refractivity contribution in [3.8, 4) is 11.4 Å². The number of anilines is 2. The first-order valence-corrected chi connectivity index (χ1v) is 13.8. The maximum absolute atomic E-state index is 14.5. The number of aromatic nitrogens is 3. The van der Waals surface area contributed by atoms with Gasteiger partial charge in [-0.3, -0.25) is 19.5 Å². The highest BCUT2D eigenvalue weighted by Crippen LogP contribution is 2.30. The lowest BCUT2D eigenvalue weighted by molar-refractivity contribution is -0.133. The highest BCUT2D eigenvalue weighted by atomic mass is 35.5. The maximum Gasteiger partial charge on any atom is 0.254 e. The van der Waals surface area contributed by atoms with Crippen molar-refractivity contribution in [2.45, 2.75) is 45.1 Å². The quantitative estimate of drug-likeness (QED) is 0.337. The number of nitrogens with one attached hydrogen (secondary N) is 2. The van der Waals surface area contributed by atoms with Crippen LogP contribution in [0, 0.1) is 5.82 Å². The van der Waals surface area contributed by atoms with E-state index in [1.807, 2.05) is 13.8 Å². The third kappa shape index (κ3) is 6.92. The Bertz CT molecular complexity index is 1370. The SMILES string of the molecule is CC(C)c1cnc(-c2cc(Cl)ccc2F)nc1Nc1ccncc1C(=O)NCCCN1CCC[C@@H]1C(=O)N(C)C. The lowest BCUT2D eigenvalue weighted by atomic mass is 10.1. The Morgan fingerprint density at radius 2 is 2.02 bits per heavy atom. The lowest BCUT2D eigenvalue weighted by Crippen LogP contribution is -2.43. The van der Waals surface area contributed by atoms with Crippen LogP contribution in [0.4, 0.5) is 15.9 Å². The van der Waals surface area contributed by atoms with Gasteiger partial charge in [0.1, 0.15) is 11.6 Å². The number of pyridine rings is 1. The van der Waals surface area contributed by atoms with E-state index >= 15 is 0 Å². The number of hydrogen-bond acceptors (Lipinski definition) is 7. The van der Waals surface area contributed by atoms with Gasteiger partial charge in [-0.15, -0.1) is 0 Å². The summed E-state index contributed by atoms with van der Waals surface area (Å²) in [6.07, 6.45) is 7.31. The van der Waals surface area contributed by atoms with Crippen LogP contribution in [-0.4, -0.2) is 76.3 Å². The fraction of sp³-hybridized carbons (Fsp3) is 0.414. The van der Waals surface area contributed by atoms with Gasteiger partial charge in [0, 0.05) is 56.4 Å². The molecule has 0 saturated carbocycles. The predicted molar refractivity (Wildman–Crippen MR) is 154 cm³/mol. The van der Waals surface area contributed by atoms with Gasteiger partial charge in [-0.05, 0) is 56.0 Å². The molecule has 3 aromatic rings. The number of likely N-dealkylation sites (tertiary alicyclic amines) is 1. The largest absolute Gasteiger partial charge is 0.352 e. The van der Waals surface area contributed by atoms with Gasteiger partial charge in [0.15, 0.2) is 5.82 Å². The molecule has 0 unspecified atom stereocenters. The number of halogens is 2. The van der Waals surface area contributed by atoms with Crippen molar-refractivity contribution in [1.29, 1.82) is 0 Å². The van der Waals surface area contributed by atoms with Crippen molar-refractivity contribution >= 4 is 34.9 Å². The molecule has 2 amide bonds. The lowest BCUT2D eigenvalue weighted by Gasteiger charge is -2.26. The van der Waals surface area contributed by atoms with Crippen molar-refractivity contribution in [1.82, 2.24) is 30.1 Å². The van der Waals surface area contributed by atoms with Crippen LogP contribution in [0.1, 0.15) is 54.9 Å². The first-order chi connectivity index (χ1) is 19.2. The first-order valence-electron chi connectivity index (χ1n) is 13.4. The van der Waals surface area contributed by atoms with Gasteiger partial charge in [0.2, 0.25) is 5.91 Å². The normalized spacial score (nSPS) is 15.3. The summed E-state index contributed by atoms with van der Waals surface area (Å²) >= 11 is 6.09. The summed E-state index contributed by atoms with van der Waals surface area (Å²) in [6.45, 7) is 6.06. The third-order valence-electron chi connectivity index (χ3n) is 6.92. The highest BCUT2D eigenvalue weighted by molar-refractivity contribution is 6.30. The number of nitrogens with zero attached hydrogens (tertiary/aromatic N) is 5. The summed E-state index contributed by atoms with van der Waals surface area (Å²) in [7, 11) is 3.56. The molecule has 4 rings (SSSR count). The van der Waals surface area contributed by atoms with Crippen LogP contribution in [0.2, 0.25) is 5.02 Å². The molecule has 2 N–H and O–H groups in total. The molecule has 1 fully saturated rings. The average molecular weight is 568 g/mol. The molecule has 1 saturated heterocycles. The number of rotatable bonds is 10. The molecule has 11 heteroatoms. The molecule has 1 aromatic carbocycles. The standard InChI is InChI=1S/C29H35ClFN7O2/c1-18(2)21-17-34-26(20-15-19(30)8-9-23(20)31)36-27(21)35-24-10-12-32-16-22(24)28(39)33-11-6-14-38-13-5-7-25(38)29(40)37(3)4/h8-10,12,15-18,25H,5-7,11,13-14H2,1-4H3,(H,33,39)(H,32,34,35,36)/t25-/m1/s1. The predicted octanol–water partition coefficient (Wildman–Crippen LogP) is 4.87. The number of amides is 2. The molecule has 1 aliphatic heterocycles. The molecule has 40 heavy (non-hydrogen) atoms. The molecule has 0 spiro atoms. The van der Waals surface area contributed by atoms with Gasteiger partial charge in [-0.2, -0.15) is 0 Å². The number of carbonyl (C=O) groups excluding carboxylic acids is 2. The van der Waals surface area contributed by atoms with Crippen LogP contribution in [-0.2, 0) is 4.79 Å². The van der Waals surface area contributed by atoms with E-state index in [4.69, 9.17) is 11.6 Å². The number of hydrogen-bond donors (Lipinski definition) is 2. The number of benzene rings is 1. The number of carbonyl (C=O) groups is 2. The van der Waals surface area contributed by atoms with E-state index in [1.54, 1.807) is 37.5 Å². The summed E-state index contributed by atoms with van der Waals surface area (Å²) in [5, 5.41) is 6.60. The second kappa shape index (κ2) is 13.1. The minimum atomic E-state index is -0.483. The Morgan fingerprint density at radius 1 is 1.23 bits per heavy atom. The monoisotopic (exact) mass is 567 g/mol. The molecule has 0 bridgehead atoms. The molecule has 0 radical (unpaired) electrons. The fourth-order valence-corrected chi connectivity index (χ4v) is 4.95. The van der Waals surface area contributed by atoms with E-state index in [9.17, 15) is 14.0 Å². The van der Waals surface area contributed by atoms with Gasteiger partial charge in [0.25, 0.3) is 5.91 Å². The summed E-state index contributed by atoms with van der Waals surface area (Å²) < 4.78 is 14.5. The van der Waals surface area contributed by atoms with Crippen LogP contribution in [0.5, 0.6) is 0 Å². The van der Waals surface area contributed by atoms with Crippen molar-refractivity contribution in [3.05, 3.63) is 64.8 Å². The van der Waals surface area contributed by atoms with E-state index in [2.05, 4.69) is 30.5 Å². The Labute approximate surface area is 239 Å². The van der Waals surface area contributed by atoms with Crippen LogP contribution < -0.4 is 10.6 Å². The molecule has 212 valence electrons. The van der Waals surface area contributed by atoms with Gasteiger partial charge in [-0.25, -0.2) is 14.4 Å². The Kier molecular flexibility index (Phi) is 9.65. The zero-order valence-electron chi connectivity index (χ0n) is 23.2. The van der Waals surface area contributed by atoms with E-state index in [1.165, 1.54) is 24.4 Å². The van der Waals surface area contributed by atoms with Crippen LogP contribution in [0.25, 0.3) is 11.4 Å². The Balaban J connectivity index is 1.46. The fourth-order valence-electron chi connectivity index (χ4n) is 4.78. The van der Waals surface area contributed by atoms with Crippen LogP contribution in [0.15, 0.2) is 42.9 Å². The van der Waals surface area contributed by atoms with Crippen LogP contribution in [0.3, 0.4) is 0 Å². The van der Waals surface area contributed by atoms with Gasteiger partial charge >= 0.3 is 0 Å². The van der Waals surface area contributed by atoms with Crippen molar-refractivity contribution in [2.24, 2.45) is 0 Å². The first kappa shape index (κ1) is 29.4. The topological polar surface area (TPSA) is 103 Å². The summed E-state index contributed by atoms with van der Waals surface area (Å²) in [5.74, 6) is 0.0698. The zero-order chi connectivity index (χ0) is 28.8. The summed E-state index contributed by atoms with van der Waals surface area (Å²) in [4.78, 5) is 42.5. The van der Waals surface area contributed by atoms with E-state index in [0.717, 1.165) is 31.5 Å². The second-order valence-corrected chi connectivity index (χ2v) is 10.8. The van der Waals surface area contributed by atoms with Crippen molar-refractivity contribution in [3.63, 3.8) is 0 Å². The molecule has 1 atom stereocenters. The molecule has 9 nitrogen and oxygen atoms in total. The van der Waals surface area contributed by atoms with Crippen molar-refractivity contribution in [2.75, 3.05) is 39.0 Å². The minimum Gasteiger partial charge on any atom is -0.352 e. The van der Waals surface area contributed by atoms with Crippen molar-refractivity contribution < 1.29 is 14.0 Å². The average Bonchev–Trinajstić information content (AvgIpc) is 3.40. The van der Waals surface area contributed by atoms with E-state index in [0.29, 0.717) is 35.1 Å². The molecule has 1 aliphatic rings. The minimum absolute atomic E-state index is 0.0636.